The highest BCUT2D eigenvalue weighted by molar-refractivity contribution is 7.09. The molecule has 2 amide bonds. The van der Waals surface area contributed by atoms with E-state index in [1.807, 2.05) is 6.92 Å². The van der Waals surface area contributed by atoms with Crippen LogP contribution in [0.15, 0.2) is 5.38 Å². The zero-order valence-corrected chi connectivity index (χ0v) is 14.5. The fourth-order valence-corrected chi connectivity index (χ4v) is 3.99. The van der Waals surface area contributed by atoms with Gasteiger partial charge in [0.25, 0.3) is 0 Å². The van der Waals surface area contributed by atoms with Gasteiger partial charge in [-0.3, -0.25) is 9.59 Å². The Bertz CT molecular complexity index is 568. The van der Waals surface area contributed by atoms with E-state index in [0.29, 0.717) is 25.4 Å². The van der Waals surface area contributed by atoms with Crippen molar-refractivity contribution < 1.29 is 9.59 Å². The molecule has 0 aromatic carbocycles. The van der Waals surface area contributed by atoms with E-state index in [9.17, 15) is 9.59 Å². The van der Waals surface area contributed by atoms with Crippen molar-refractivity contribution in [1.29, 1.82) is 0 Å². The van der Waals surface area contributed by atoms with Crippen LogP contribution in [-0.2, 0) is 16.0 Å². The molecule has 0 spiro atoms. The van der Waals surface area contributed by atoms with Gasteiger partial charge in [0.05, 0.1) is 10.7 Å². The van der Waals surface area contributed by atoms with E-state index in [1.54, 1.807) is 16.2 Å². The Morgan fingerprint density at radius 2 is 2.22 bits per heavy atom. The van der Waals surface area contributed by atoms with Crippen LogP contribution in [0.3, 0.4) is 0 Å². The number of carbonyl (C=O) groups is 2. The summed E-state index contributed by atoms with van der Waals surface area (Å²) in [4.78, 5) is 30.8. The maximum atomic E-state index is 12.4. The molecule has 3 rings (SSSR count). The zero-order valence-electron chi connectivity index (χ0n) is 13.7. The van der Waals surface area contributed by atoms with Gasteiger partial charge in [0, 0.05) is 37.2 Å². The molecular weight excluding hydrogens is 310 g/mol. The van der Waals surface area contributed by atoms with Crippen LogP contribution in [0, 0.1) is 0 Å². The lowest BCUT2D eigenvalue weighted by atomic mass is 10.2. The van der Waals surface area contributed by atoms with E-state index in [4.69, 9.17) is 0 Å². The summed E-state index contributed by atoms with van der Waals surface area (Å²) in [5.41, 5.74) is 1.23. The molecule has 1 aliphatic heterocycles. The molecule has 5 nitrogen and oxygen atoms in total. The van der Waals surface area contributed by atoms with Crippen LogP contribution in [0.5, 0.6) is 0 Å². The number of carbonyl (C=O) groups excluding carboxylic acids is 2. The van der Waals surface area contributed by atoms with Crippen molar-refractivity contribution in [2.45, 2.75) is 63.8 Å². The van der Waals surface area contributed by atoms with Crippen molar-refractivity contribution in [3.63, 3.8) is 0 Å². The molecule has 2 heterocycles. The first kappa shape index (κ1) is 16.4. The molecule has 1 saturated heterocycles. The normalized spacial score (nSPS) is 20.7. The maximum absolute atomic E-state index is 12.4. The van der Waals surface area contributed by atoms with Crippen molar-refractivity contribution >= 4 is 23.2 Å². The third-order valence-corrected chi connectivity index (χ3v) is 5.47. The van der Waals surface area contributed by atoms with E-state index in [2.05, 4.69) is 15.7 Å². The monoisotopic (exact) mass is 335 g/mol. The fourth-order valence-electron chi connectivity index (χ4n) is 3.11. The number of hydrogen-bond donors (Lipinski definition) is 1. The van der Waals surface area contributed by atoms with E-state index in [0.717, 1.165) is 30.7 Å². The number of aromatic nitrogens is 1. The summed E-state index contributed by atoms with van der Waals surface area (Å²) in [6.07, 6.45) is 6.38. The van der Waals surface area contributed by atoms with Gasteiger partial charge in [0.15, 0.2) is 0 Å². The molecule has 126 valence electrons. The van der Waals surface area contributed by atoms with Crippen molar-refractivity contribution in [2.75, 3.05) is 13.1 Å². The number of nitrogens with zero attached hydrogens (tertiary/aromatic N) is 2. The second kappa shape index (κ2) is 7.43. The second-order valence-electron chi connectivity index (χ2n) is 6.48. The molecule has 2 fully saturated rings. The van der Waals surface area contributed by atoms with Crippen LogP contribution in [0.2, 0.25) is 0 Å². The molecule has 0 unspecified atom stereocenters. The Balaban J connectivity index is 1.45. The largest absolute Gasteiger partial charge is 0.354 e. The highest BCUT2D eigenvalue weighted by atomic mass is 32.1. The second-order valence-corrected chi connectivity index (χ2v) is 7.42. The topological polar surface area (TPSA) is 62.3 Å². The van der Waals surface area contributed by atoms with Crippen molar-refractivity contribution in [1.82, 2.24) is 15.2 Å². The molecular formula is C17H25N3O2S. The lowest BCUT2D eigenvalue weighted by molar-refractivity contribution is -0.138. The Morgan fingerprint density at radius 3 is 2.96 bits per heavy atom. The van der Waals surface area contributed by atoms with Crippen molar-refractivity contribution in [3.05, 3.63) is 16.1 Å². The van der Waals surface area contributed by atoms with Crippen LogP contribution in [0.1, 0.15) is 62.1 Å². The first-order valence-electron chi connectivity index (χ1n) is 8.70. The summed E-state index contributed by atoms with van der Waals surface area (Å²) in [6.45, 7) is 3.31. The first-order valence-corrected chi connectivity index (χ1v) is 9.58. The third kappa shape index (κ3) is 4.10. The summed E-state index contributed by atoms with van der Waals surface area (Å²) >= 11 is 1.69. The number of amides is 2. The van der Waals surface area contributed by atoms with Crippen molar-refractivity contribution in [3.8, 4) is 0 Å². The van der Waals surface area contributed by atoms with Crippen LogP contribution in [-0.4, -0.2) is 40.8 Å². The van der Waals surface area contributed by atoms with Crippen LogP contribution in [0.25, 0.3) is 0 Å². The van der Waals surface area contributed by atoms with Gasteiger partial charge in [-0.1, -0.05) is 6.92 Å². The minimum atomic E-state index is -0.271. The van der Waals surface area contributed by atoms with E-state index in [1.165, 1.54) is 18.5 Å². The van der Waals surface area contributed by atoms with Crippen LogP contribution >= 0.6 is 11.3 Å². The number of rotatable bonds is 7. The van der Waals surface area contributed by atoms with Crippen LogP contribution in [0.4, 0.5) is 0 Å². The Labute approximate surface area is 141 Å². The van der Waals surface area contributed by atoms with Gasteiger partial charge in [-0.15, -0.1) is 11.3 Å². The van der Waals surface area contributed by atoms with E-state index >= 15 is 0 Å². The molecule has 0 bridgehead atoms. The molecule has 6 heteroatoms. The first-order chi connectivity index (χ1) is 11.2. The molecule has 0 radical (unpaired) electrons. The molecule has 1 aromatic heterocycles. The number of likely N-dealkylation sites (tertiary alicyclic amines) is 1. The summed E-state index contributed by atoms with van der Waals surface area (Å²) in [6, 6.07) is -0.271. The van der Waals surface area contributed by atoms with Gasteiger partial charge in [-0.25, -0.2) is 4.98 Å². The predicted octanol–water partition coefficient (Wildman–Crippen LogP) is 2.47. The molecule has 1 atom stereocenters. The average Bonchev–Trinajstić information content (AvgIpc) is 3.09. The predicted molar refractivity (Wildman–Crippen MR) is 90.4 cm³/mol. The maximum Gasteiger partial charge on any atom is 0.242 e. The third-order valence-electron chi connectivity index (χ3n) is 4.54. The minimum absolute atomic E-state index is 0.00840. The fraction of sp³-hybridized carbons (Fsp3) is 0.706. The lowest BCUT2D eigenvalue weighted by Crippen LogP contribution is -2.46. The lowest BCUT2D eigenvalue weighted by Gasteiger charge is -2.23. The van der Waals surface area contributed by atoms with Crippen molar-refractivity contribution in [2.24, 2.45) is 0 Å². The number of hydrogen-bond acceptors (Lipinski definition) is 4. The quantitative estimate of drug-likeness (QED) is 0.832. The average molecular weight is 335 g/mol. The standard InChI is InChI=1S/C17H25N3O2S/c1-2-4-16(21)20-10-3-5-14(20)17(22)18-9-8-15-19-13(11-23-15)12-6-7-12/h11-12,14H,2-10H2,1H3,(H,18,22)/t14-/m0/s1. The minimum Gasteiger partial charge on any atom is -0.354 e. The van der Waals surface area contributed by atoms with Gasteiger partial charge >= 0.3 is 0 Å². The van der Waals surface area contributed by atoms with Crippen LogP contribution < -0.4 is 5.32 Å². The Morgan fingerprint density at radius 1 is 1.39 bits per heavy atom. The molecule has 1 saturated carbocycles. The summed E-state index contributed by atoms with van der Waals surface area (Å²) in [7, 11) is 0. The highest BCUT2D eigenvalue weighted by Crippen LogP contribution is 2.40. The summed E-state index contributed by atoms with van der Waals surface area (Å²) in [5, 5.41) is 6.23. The van der Waals surface area contributed by atoms with Gasteiger partial charge in [-0.2, -0.15) is 0 Å². The van der Waals surface area contributed by atoms with Gasteiger partial charge < -0.3 is 10.2 Å². The molecule has 1 N–H and O–H groups in total. The molecule has 23 heavy (non-hydrogen) atoms. The molecule has 2 aliphatic rings. The SMILES string of the molecule is CCCC(=O)N1CCC[C@H]1C(=O)NCCc1nc(C2CC2)cs1. The summed E-state index contributed by atoms with van der Waals surface area (Å²) in [5.74, 6) is 0.788. The molecule has 1 aromatic rings. The number of nitrogens with one attached hydrogen (secondary N) is 1. The van der Waals surface area contributed by atoms with Gasteiger partial charge in [0.2, 0.25) is 11.8 Å². The Hall–Kier alpha value is -1.43. The van der Waals surface area contributed by atoms with E-state index in [-0.39, 0.29) is 17.9 Å². The van der Waals surface area contributed by atoms with Gasteiger partial charge in [0.1, 0.15) is 6.04 Å². The smallest absolute Gasteiger partial charge is 0.242 e. The summed E-state index contributed by atoms with van der Waals surface area (Å²) < 4.78 is 0. The highest BCUT2D eigenvalue weighted by Gasteiger charge is 2.33. The molecule has 1 aliphatic carbocycles. The van der Waals surface area contributed by atoms with E-state index < -0.39 is 0 Å². The number of thiazole rings is 1. The van der Waals surface area contributed by atoms with Gasteiger partial charge in [-0.05, 0) is 32.1 Å². The Kier molecular flexibility index (Phi) is 5.30. The zero-order chi connectivity index (χ0) is 16.2.